The van der Waals surface area contributed by atoms with Crippen LogP contribution in [0.3, 0.4) is 0 Å². The lowest BCUT2D eigenvalue weighted by molar-refractivity contribution is 0.552. The fraction of sp³-hybridized carbons (Fsp3) is 0.769. The molecule has 1 heterocycles. The molecule has 0 unspecified atom stereocenters. The summed E-state index contributed by atoms with van der Waals surface area (Å²) in [7, 11) is 0. The number of hydrogen-bond acceptors (Lipinski definition) is 2. The molecule has 1 aliphatic carbocycles. The van der Waals surface area contributed by atoms with Gasteiger partial charge in [0.25, 0.3) is 0 Å². The molecule has 1 fully saturated rings. The predicted octanol–water partition coefficient (Wildman–Crippen LogP) is 2.42. The molecule has 1 N–H and O–H groups in total. The minimum atomic E-state index is 0.860. The molecular formula is C13H23N3. The molecule has 0 bridgehead atoms. The van der Waals surface area contributed by atoms with Gasteiger partial charge in [-0.15, -0.1) is 0 Å². The average Bonchev–Trinajstić information content (AvgIpc) is 3.04. The molecule has 3 heteroatoms. The van der Waals surface area contributed by atoms with E-state index in [9.17, 15) is 0 Å². The van der Waals surface area contributed by atoms with Gasteiger partial charge in [0.2, 0.25) is 0 Å². The number of nitrogens with one attached hydrogen (secondary N) is 1. The van der Waals surface area contributed by atoms with Gasteiger partial charge in [0.15, 0.2) is 0 Å². The molecular weight excluding hydrogens is 198 g/mol. The number of hydrogen-bond donors (Lipinski definition) is 1. The van der Waals surface area contributed by atoms with Gasteiger partial charge >= 0.3 is 0 Å². The van der Waals surface area contributed by atoms with E-state index in [1.807, 2.05) is 6.33 Å². The highest BCUT2D eigenvalue weighted by Gasteiger charge is 2.19. The van der Waals surface area contributed by atoms with Crippen molar-refractivity contribution in [2.24, 2.45) is 0 Å². The van der Waals surface area contributed by atoms with Gasteiger partial charge in [-0.05, 0) is 46.1 Å². The van der Waals surface area contributed by atoms with Crippen molar-refractivity contribution in [2.45, 2.75) is 58.5 Å². The highest BCUT2D eigenvalue weighted by Crippen LogP contribution is 2.18. The largest absolute Gasteiger partial charge is 0.335 e. The van der Waals surface area contributed by atoms with Crippen LogP contribution in [0.2, 0.25) is 0 Å². The molecule has 0 atom stereocenters. The lowest BCUT2D eigenvalue weighted by Crippen LogP contribution is -2.17. The first-order valence-corrected chi connectivity index (χ1v) is 6.49. The van der Waals surface area contributed by atoms with Gasteiger partial charge in [-0.3, -0.25) is 0 Å². The van der Waals surface area contributed by atoms with Gasteiger partial charge in [0.05, 0.1) is 12.0 Å². The van der Waals surface area contributed by atoms with Crippen LogP contribution in [0, 0.1) is 13.8 Å². The van der Waals surface area contributed by atoms with Crippen molar-refractivity contribution in [2.75, 3.05) is 6.54 Å². The van der Waals surface area contributed by atoms with E-state index in [1.54, 1.807) is 0 Å². The zero-order valence-corrected chi connectivity index (χ0v) is 10.5. The van der Waals surface area contributed by atoms with Crippen LogP contribution in [0.25, 0.3) is 0 Å². The smallest absolute Gasteiger partial charge is 0.0951 e. The average molecular weight is 221 g/mol. The predicted molar refractivity (Wildman–Crippen MR) is 66.6 cm³/mol. The first-order valence-electron chi connectivity index (χ1n) is 6.49. The van der Waals surface area contributed by atoms with Gasteiger partial charge in [-0.25, -0.2) is 4.98 Å². The monoisotopic (exact) mass is 221 g/mol. The van der Waals surface area contributed by atoms with E-state index in [0.29, 0.717) is 0 Å². The second kappa shape index (κ2) is 5.48. The Morgan fingerprint density at radius 2 is 2.12 bits per heavy atom. The minimum absolute atomic E-state index is 0.860. The quantitative estimate of drug-likeness (QED) is 0.717. The minimum Gasteiger partial charge on any atom is -0.335 e. The number of nitrogens with zero attached hydrogens (tertiary/aromatic N) is 2. The van der Waals surface area contributed by atoms with E-state index in [1.165, 1.54) is 44.3 Å². The molecule has 0 amide bonds. The van der Waals surface area contributed by atoms with Crippen LogP contribution in [0.15, 0.2) is 6.33 Å². The second-order valence-corrected chi connectivity index (χ2v) is 4.90. The molecule has 0 aliphatic heterocycles. The van der Waals surface area contributed by atoms with Gasteiger partial charge in [0, 0.05) is 18.3 Å². The number of aryl methyl sites for hydroxylation is 2. The third-order valence-corrected chi connectivity index (χ3v) is 3.43. The van der Waals surface area contributed by atoms with E-state index in [2.05, 4.69) is 28.7 Å². The standard InChI is InChI=1S/C13H23N3/c1-11-12(2)16(10-15-11)9-5-3-4-8-14-13-6-7-13/h10,13-14H,3-9H2,1-2H3. The summed E-state index contributed by atoms with van der Waals surface area (Å²) in [4.78, 5) is 4.31. The van der Waals surface area contributed by atoms with Crippen molar-refractivity contribution in [3.63, 3.8) is 0 Å². The van der Waals surface area contributed by atoms with Crippen LogP contribution < -0.4 is 5.32 Å². The molecule has 0 radical (unpaired) electrons. The maximum Gasteiger partial charge on any atom is 0.0951 e. The Balaban J connectivity index is 1.55. The van der Waals surface area contributed by atoms with Crippen molar-refractivity contribution >= 4 is 0 Å². The van der Waals surface area contributed by atoms with Crippen LogP contribution in [-0.4, -0.2) is 22.1 Å². The van der Waals surface area contributed by atoms with Crippen molar-refractivity contribution in [1.29, 1.82) is 0 Å². The normalized spacial score (nSPS) is 15.6. The van der Waals surface area contributed by atoms with Crippen LogP contribution in [-0.2, 0) is 6.54 Å². The summed E-state index contributed by atoms with van der Waals surface area (Å²) in [6, 6.07) is 0.860. The van der Waals surface area contributed by atoms with Crippen molar-refractivity contribution in [3.05, 3.63) is 17.7 Å². The van der Waals surface area contributed by atoms with Gasteiger partial charge < -0.3 is 9.88 Å². The molecule has 1 aliphatic rings. The summed E-state index contributed by atoms with van der Waals surface area (Å²) in [5.41, 5.74) is 2.48. The molecule has 3 nitrogen and oxygen atoms in total. The van der Waals surface area contributed by atoms with Crippen LogP contribution in [0.1, 0.15) is 43.5 Å². The topological polar surface area (TPSA) is 29.9 Å². The van der Waals surface area contributed by atoms with E-state index >= 15 is 0 Å². The summed E-state index contributed by atoms with van der Waals surface area (Å²) in [6.45, 7) is 6.55. The van der Waals surface area contributed by atoms with Gasteiger partial charge in [-0.2, -0.15) is 0 Å². The number of aromatic nitrogens is 2. The summed E-state index contributed by atoms with van der Waals surface area (Å²) >= 11 is 0. The highest BCUT2D eigenvalue weighted by atomic mass is 15.0. The molecule has 0 spiro atoms. The third-order valence-electron chi connectivity index (χ3n) is 3.43. The van der Waals surface area contributed by atoms with Crippen molar-refractivity contribution < 1.29 is 0 Å². The molecule has 0 aromatic carbocycles. The Morgan fingerprint density at radius 3 is 2.75 bits per heavy atom. The molecule has 1 saturated carbocycles. The molecule has 0 saturated heterocycles. The van der Waals surface area contributed by atoms with Gasteiger partial charge in [-0.1, -0.05) is 6.42 Å². The fourth-order valence-electron chi connectivity index (χ4n) is 1.95. The Hall–Kier alpha value is -0.830. The van der Waals surface area contributed by atoms with Crippen molar-refractivity contribution in [1.82, 2.24) is 14.9 Å². The third kappa shape index (κ3) is 3.34. The molecule has 16 heavy (non-hydrogen) atoms. The Bertz CT molecular complexity index is 326. The zero-order chi connectivity index (χ0) is 11.4. The van der Waals surface area contributed by atoms with Crippen LogP contribution >= 0.6 is 0 Å². The van der Waals surface area contributed by atoms with Crippen LogP contribution in [0.5, 0.6) is 0 Å². The van der Waals surface area contributed by atoms with E-state index < -0.39 is 0 Å². The summed E-state index contributed by atoms with van der Waals surface area (Å²) in [5.74, 6) is 0. The molecule has 1 aromatic heterocycles. The first kappa shape index (κ1) is 11.6. The molecule has 90 valence electrons. The summed E-state index contributed by atoms with van der Waals surface area (Å²) in [6.07, 6.45) is 8.65. The number of unbranched alkanes of at least 4 members (excludes halogenated alkanes) is 2. The SMILES string of the molecule is Cc1ncn(CCCCCNC2CC2)c1C. The Morgan fingerprint density at radius 1 is 1.31 bits per heavy atom. The number of imidazole rings is 1. The molecule has 1 aromatic rings. The Labute approximate surface area is 98.3 Å². The molecule has 2 rings (SSSR count). The van der Waals surface area contributed by atoms with Gasteiger partial charge in [0.1, 0.15) is 0 Å². The maximum absolute atomic E-state index is 4.31. The highest BCUT2D eigenvalue weighted by molar-refractivity contribution is 5.08. The summed E-state index contributed by atoms with van der Waals surface area (Å²) in [5, 5.41) is 3.55. The zero-order valence-electron chi connectivity index (χ0n) is 10.5. The second-order valence-electron chi connectivity index (χ2n) is 4.90. The van der Waals surface area contributed by atoms with E-state index in [0.717, 1.165) is 18.3 Å². The fourth-order valence-corrected chi connectivity index (χ4v) is 1.95. The lowest BCUT2D eigenvalue weighted by atomic mass is 10.2. The first-order chi connectivity index (χ1) is 7.77. The van der Waals surface area contributed by atoms with Crippen LogP contribution in [0.4, 0.5) is 0 Å². The summed E-state index contributed by atoms with van der Waals surface area (Å²) < 4.78 is 2.27. The number of rotatable bonds is 7. The van der Waals surface area contributed by atoms with Crippen molar-refractivity contribution in [3.8, 4) is 0 Å². The maximum atomic E-state index is 4.31. The van der Waals surface area contributed by atoms with E-state index in [4.69, 9.17) is 0 Å². The van der Waals surface area contributed by atoms with E-state index in [-0.39, 0.29) is 0 Å². The lowest BCUT2D eigenvalue weighted by Gasteiger charge is -2.06. The Kier molecular flexibility index (Phi) is 3.99.